The Morgan fingerprint density at radius 1 is 1.13 bits per heavy atom. The van der Waals surface area contributed by atoms with Crippen molar-refractivity contribution < 1.29 is 22.4 Å². The first-order valence-electron chi connectivity index (χ1n) is 12.6. The van der Waals surface area contributed by atoms with E-state index in [0.717, 1.165) is 41.8 Å². The fraction of sp³-hybridized carbons (Fsp3) is 0.462. The zero-order chi connectivity index (χ0) is 27.7. The van der Waals surface area contributed by atoms with E-state index in [-0.39, 0.29) is 29.6 Å². The second-order valence-corrected chi connectivity index (χ2v) is 11.4. The molecule has 2 fully saturated rings. The molecule has 3 aromatic rings. The number of halogens is 5. The summed E-state index contributed by atoms with van der Waals surface area (Å²) in [6.07, 6.45) is -3.23. The molecule has 0 radical (unpaired) electrons. The molecule has 1 spiro atoms. The van der Waals surface area contributed by atoms with E-state index in [1.165, 1.54) is 6.07 Å². The molecule has 1 saturated carbocycles. The number of carbonyl (C=O) groups excluding carboxylic acids is 1. The third-order valence-corrected chi connectivity index (χ3v) is 8.09. The van der Waals surface area contributed by atoms with E-state index < -0.39 is 17.7 Å². The van der Waals surface area contributed by atoms with Crippen LogP contribution in [0.1, 0.15) is 41.7 Å². The predicted molar refractivity (Wildman–Crippen MR) is 135 cm³/mol. The maximum atomic E-state index is 13.7. The molecule has 3 aliphatic rings. The van der Waals surface area contributed by atoms with Gasteiger partial charge in [-0.1, -0.05) is 11.6 Å². The highest BCUT2D eigenvalue weighted by Crippen LogP contribution is 2.56. The fourth-order valence-corrected chi connectivity index (χ4v) is 6.15. The van der Waals surface area contributed by atoms with Crippen LogP contribution in [0.2, 0.25) is 5.02 Å². The Kier molecular flexibility index (Phi) is 6.10. The maximum absolute atomic E-state index is 13.7. The molecule has 1 aromatic carbocycles. The summed E-state index contributed by atoms with van der Waals surface area (Å²) in [5.74, 6) is 0.442. The van der Waals surface area contributed by atoms with Gasteiger partial charge in [0.05, 0.1) is 18.8 Å². The summed E-state index contributed by atoms with van der Waals surface area (Å²) in [6.45, 7) is 2.31. The lowest BCUT2D eigenvalue weighted by molar-refractivity contribution is -0.143. The van der Waals surface area contributed by atoms with Crippen molar-refractivity contribution in [2.75, 3.05) is 38.6 Å². The van der Waals surface area contributed by atoms with Crippen LogP contribution in [-0.4, -0.2) is 69.2 Å². The molecule has 2 aromatic heterocycles. The van der Waals surface area contributed by atoms with Gasteiger partial charge in [-0.05, 0) is 48.7 Å². The van der Waals surface area contributed by atoms with Gasteiger partial charge in [-0.15, -0.1) is 10.2 Å². The molecule has 0 N–H and O–H groups in total. The SMILES string of the molecule is CN(C)C(=O)CN1Cc2cc(Cl)ccc2-n2c(nnc2C2CC3(C2)CN(c2ccc(F)c(C(F)(F)F)n2)C3)C1. The molecule has 13 heteroatoms. The van der Waals surface area contributed by atoms with Gasteiger partial charge in [0, 0.05) is 50.1 Å². The Morgan fingerprint density at radius 2 is 1.87 bits per heavy atom. The van der Waals surface area contributed by atoms with Crippen LogP contribution < -0.4 is 4.90 Å². The van der Waals surface area contributed by atoms with Crippen molar-refractivity contribution in [3.63, 3.8) is 0 Å². The number of anilines is 1. The van der Waals surface area contributed by atoms with Gasteiger partial charge in [0.25, 0.3) is 0 Å². The van der Waals surface area contributed by atoms with Gasteiger partial charge in [-0.25, -0.2) is 9.37 Å². The highest BCUT2D eigenvalue weighted by molar-refractivity contribution is 6.30. The van der Waals surface area contributed by atoms with Crippen LogP contribution in [0.3, 0.4) is 0 Å². The summed E-state index contributed by atoms with van der Waals surface area (Å²) >= 11 is 6.32. The molecule has 1 amide bonds. The Morgan fingerprint density at radius 3 is 2.56 bits per heavy atom. The second kappa shape index (κ2) is 9.16. The first kappa shape index (κ1) is 26.0. The topological polar surface area (TPSA) is 70.4 Å². The van der Waals surface area contributed by atoms with Crippen LogP contribution in [0.4, 0.5) is 23.4 Å². The van der Waals surface area contributed by atoms with Gasteiger partial charge < -0.3 is 9.80 Å². The first-order chi connectivity index (χ1) is 18.4. The largest absolute Gasteiger partial charge is 0.436 e. The molecule has 1 aliphatic carbocycles. The van der Waals surface area contributed by atoms with Crippen LogP contribution in [-0.2, 0) is 24.1 Å². The van der Waals surface area contributed by atoms with Crippen LogP contribution in [0.15, 0.2) is 30.3 Å². The normalized spacial score (nSPS) is 18.7. The van der Waals surface area contributed by atoms with E-state index in [4.69, 9.17) is 11.6 Å². The number of carbonyl (C=O) groups is 1. The molecule has 1 saturated heterocycles. The Labute approximate surface area is 227 Å². The Balaban J connectivity index is 1.21. The van der Waals surface area contributed by atoms with Crippen LogP contribution in [0.5, 0.6) is 0 Å². The lowest BCUT2D eigenvalue weighted by Gasteiger charge is -2.59. The summed E-state index contributed by atoms with van der Waals surface area (Å²) in [5, 5.41) is 9.64. The molecular weight excluding hydrogens is 538 g/mol. The minimum Gasteiger partial charge on any atom is -0.355 e. The van der Waals surface area contributed by atoms with Crippen molar-refractivity contribution >= 4 is 23.3 Å². The average molecular weight is 564 g/mol. The Bertz CT molecular complexity index is 1440. The lowest BCUT2D eigenvalue weighted by atomic mass is 9.57. The number of likely N-dealkylation sites (N-methyl/N-ethyl adjacent to an activating group) is 1. The molecule has 4 heterocycles. The quantitative estimate of drug-likeness (QED) is 0.442. The molecular formula is C26H26ClF4N7O. The van der Waals surface area contributed by atoms with Crippen molar-refractivity contribution in [1.82, 2.24) is 29.5 Å². The Hall–Kier alpha value is -3.25. The van der Waals surface area contributed by atoms with Crippen molar-refractivity contribution in [1.29, 1.82) is 0 Å². The average Bonchev–Trinajstić information content (AvgIpc) is 3.13. The summed E-state index contributed by atoms with van der Waals surface area (Å²) in [4.78, 5) is 21.3. The van der Waals surface area contributed by atoms with E-state index in [0.29, 0.717) is 31.2 Å². The number of pyridine rings is 1. The number of amides is 1. The minimum atomic E-state index is -4.84. The van der Waals surface area contributed by atoms with E-state index in [1.54, 1.807) is 23.9 Å². The van der Waals surface area contributed by atoms with Crippen molar-refractivity contribution in [3.05, 3.63) is 64.1 Å². The zero-order valence-electron chi connectivity index (χ0n) is 21.3. The number of hydrogen-bond donors (Lipinski definition) is 0. The number of hydrogen-bond acceptors (Lipinski definition) is 6. The van der Waals surface area contributed by atoms with Gasteiger partial charge in [-0.2, -0.15) is 13.2 Å². The predicted octanol–water partition coefficient (Wildman–Crippen LogP) is 4.26. The van der Waals surface area contributed by atoms with Gasteiger partial charge in [-0.3, -0.25) is 14.3 Å². The molecule has 6 rings (SSSR count). The van der Waals surface area contributed by atoms with Crippen LogP contribution in [0, 0.1) is 11.2 Å². The van der Waals surface area contributed by atoms with E-state index in [1.807, 2.05) is 23.1 Å². The number of benzene rings is 1. The summed E-state index contributed by atoms with van der Waals surface area (Å²) < 4.78 is 55.0. The number of rotatable bonds is 4. The highest BCUT2D eigenvalue weighted by Gasteiger charge is 2.54. The molecule has 39 heavy (non-hydrogen) atoms. The fourth-order valence-electron chi connectivity index (χ4n) is 5.96. The molecule has 206 valence electrons. The number of fused-ring (bicyclic) bond motifs is 3. The van der Waals surface area contributed by atoms with Gasteiger partial charge in [0.1, 0.15) is 11.6 Å². The van der Waals surface area contributed by atoms with Gasteiger partial charge in [0.2, 0.25) is 5.91 Å². The third-order valence-electron chi connectivity index (χ3n) is 7.85. The summed E-state index contributed by atoms with van der Waals surface area (Å²) in [7, 11) is 3.45. The number of aromatic nitrogens is 4. The number of alkyl halides is 3. The van der Waals surface area contributed by atoms with E-state index in [9.17, 15) is 22.4 Å². The second-order valence-electron chi connectivity index (χ2n) is 11.0. The van der Waals surface area contributed by atoms with Crippen molar-refractivity contribution in [2.24, 2.45) is 5.41 Å². The standard InChI is InChI=1S/C26H26ClF4N7O/c1-35(2)22(39)12-36-10-15-7-17(27)3-5-19(15)38-21(11-36)33-34-24(38)16-8-25(9-16)13-37(14-25)20-6-4-18(28)23(32-20)26(29,30)31/h3-7,16H,8-14H2,1-2H3. The van der Waals surface area contributed by atoms with E-state index >= 15 is 0 Å². The maximum Gasteiger partial charge on any atom is 0.436 e. The van der Waals surface area contributed by atoms with Crippen molar-refractivity contribution in [3.8, 4) is 5.69 Å². The highest BCUT2D eigenvalue weighted by atomic mass is 35.5. The van der Waals surface area contributed by atoms with Crippen LogP contribution >= 0.6 is 11.6 Å². The van der Waals surface area contributed by atoms with Gasteiger partial charge in [0.15, 0.2) is 17.3 Å². The monoisotopic (exact) mass is 563 g/mol. The molecule has 0 unspecified atom stereocenters. The summed E-state index contributed by atoms with van der Waals surface area (Å²) in [5.41, 5.74) is 0.364. The number of nitrogens with zero attached hydrogens (tertiary/aromatic N) is 7. The third kappa shape index (κ3) is 4.63. The van der Waals surface area contributed by atoms with Crippen LogP contribution in [0.25, 0.3) is 5.69 Å². The lowest BCUT2D eigenvalue weighted by Crippen LogP contribution is -2.62. The van der Waals surface area contributed by atoms with E-state index in [2.05, 4.69) is 19.7 Å². The zero-order valence-corrected chi connectivity index (χ0v) is 22.1. The molecule has 0 bridgehead atoms. The van der Waals surface area contributed by atoms with Crippen molar-refractivity contribution in [2.45, 2.75) is 38.0 Å². The minimum absolute atomic E-state index is 0.0137. The molecule has 0 atom stereocenters. The smallest absolute Gasteiger partial charge is 0.355 e. The summed E-state index contributed by atoms with van der Waals surface area (Å²) in [6, 6.07) is 7.79. The first-order valence-corrected chi connectivity index (χ1v) is 12.9. The molecule has 2 aliphatic heterocycles. The molecule has 8 nitrogen and oxygen atoms in total. The van der Waals surface area contributed by atoms with Gasteiger partial charge >= 0.3 is 6.18 Å².